The fraction of sp³-hybridized carbons (Fsp3) is 0.625. The van der Waals surface area contributed by atoms with E-state index in [-0.39, 0.29) is 6.42 Å². The van der Waals surface area contributed by atoms with E-state index in [4.69, 9.17) is 9.47 Å². The minimum atomic E-state index is -1.51. The number of ether oxygens (including phenoxy) is 2. The van der Waals surface area contributed by atoms with Crippen LogP contribution in [-0.2, 0) is 20.7 Å². The van der Waals surface area contributed by atoms with Gasteiger partial charge in [-0.2, -0.15) is 4.90 Å². The highest BCUT2D eigenvalue weighted by Crippen LogP contribution is 2.18. The van der Waals surface area contributed by atoms with Crippen LogP contribution in [0.4, 0.5) is 9.59 Å². The van der Waals surface area contributed by atoms with Crippen LogP contribution in [0.25, 0.3) is 0 Å². The number of imidazole rings is 1. The first-order valence-electron chi connectivity index (χ1n) is 7.75. The minimum Gasteiger partial charge on any atom is -0.480 e. The van der Waals surface area contributed by atoms with E-state index in [0.29, 0.717) is 10.6 Å². The summed E-state index contributed by atoms with van der Waals surface area (Å²) in [7, 11) is 0. The van der Waals surface area contributed by atoms with Crippen LogP contribution in [0.5, 0.6) is 0 Å². The van der Waals surface area contributed by atoms with E-state index in [2.05, 4.69) is 9.97 Å². The molecule has 1 atom stereocenters. The number of hydrogen-bond acceptors (Lipinski definition) is 6. The van der Waals surface area contributed by atoms with Crippen molar-refractivity contribution in [2.75, 3.05) is 0 Å². The van der Waals surface area contributed by atoms with E-state index in [9.17, 15) is 19.5 Å². The molecule has 0 saturated carbocycles. The lowest BCUT2D eigenvalue weighted by molar-refractivity contribution is -0.143. The first kappa shape index (κ1) is 20.5. The molecule has 0 aliphatic heterocycles. The number of hydrogen-bond donors (Lipinski definition) is 2. The average Bonchev–Trinajstić information content (AvgIpc) is 2.86. The number of nitrogens with one attached hydrogen (secondary N) is 1. The van der Waals surface area contributed by atoms with Gasteiger partial charge in [0.2, 0.25) is 0 Å². The fourth-order valence-corrected chi connectivity index (χ4v) is 1.84. The largest absolute Gasteiger partial charge is 0.480 e. The molecule has 0 spiro atoms. The van der Waals surface area contributed by atoms with Gasteiger partial charge in [0.15, 0.2) is 0 Å². The lowest BCUT2D eigenvalue weighted by atomic mass is 10.1. The lowest BCUT2D eigenvalue weighted by Gasteiger charge is -2.31. The molecule has 1 aromatic rings. The van der Waals surface area contributed by atoms with Gasteiger partial charge in [-0.1, -0.05) is 0 Å². The zero-order chi connectivity index (χ0) is 19.4. The van der Waals surface area contributed by atoms with E-state index in [0.717, 1.165) is 0 Å². The second kappa shape index (κ2) is 7.54. The number of aromatic nitrogens is 2. The number of nitrogens with zero attached hydrogens (tertiary/aromatic N) is 2. The van der Waals surface area contributed by atoms with Gasteiger partial charge in [0, 0.05) is 18.3 Å². The molecule has 25 heavy (non-hydrogen) atoms. The van der Waals surface area contributed by atoms with E-state index in [1.165, 1.54) is 12.5 Å². The molecule has 1 rings (SSSR count). The van der Waals surface area contributed by atoms with Gasteiger partial charge in [-0.05, 0) is 41.5 Å². The molecular formula is C16H25N3O6. The number of imide groups is 1. The van der Waals surface area contributed by atoms with Crippen molar-refractivity contribution in [2.24, 2.45) is 0 Å². The first-order chi connectivity index (χ1) is 11.3. The molecule has 9 nitrogen and oxygen atoms in total. The van der Waals surface area contributed by atoms with Crippen molar-refractivity contribution in [1.29, 1.82) is 0 Å². The van der Waals surface area contributed by atoms with E-state index in [1.807, 2.05) is 0 Å². The minimum absolute atomic E-state index is 0.159. The Balaban J connectivity index is 3.18. The van der Waals surface area contributed by atoms with Crippen LogP contribution in [0.1, 0.15) is 47.2 Å². The number of carboxylic acids is 1. The normalized spacial score (nSPS) is 13.0. The van der Waals surface area contributed by atoms with Gasteiger partial charge >= 0.3 is 18.2 Å². The highest BCUT2D eigenvalue weighted by atomic mass is 16.6. The second-order valence-electron chi connectivity index (χ2n) is 7.47. The number of carboxylic acid groups (broad SMARTS) is 1. The van der Waals surface area contributed by atoms with Crippen LogP contribution >= 0.6 is 0 Å². The Morgan fingerprint density at radius 1 is 1.12 bits per heavy atom. The van der Waals surface area contributed by atoms with Crippen LogP contribution in [-0.4, -0.2) is 55.4 Å². The highest BCUT2D eigenvalue weighted by molar-refractivity contribution is 5.93. The molecule has 0 aliphatic rings. The Morgan fingerprint density at radius 3 is 1.92 bits per heavy atom. The predicted octanol–water partition coefficient (Wildman–Crippen LogP) is 2.58. The second-order valence-corrected chi connectivity index (χ2v) is 7.47. The molecule has 140 valence electrons. The van der Waals surface area contributed by atoms with Crippen molar-refractivity contribution >= 4 is 18.2 Å². The van der Waals surface area contributed by atoms with Crippen molar-refractivity contribution in [3.8, 4) is 0 Å². The van der Waals surface area contributed by atoms with E-state index < -0.39 is 35.4 Å². The number of H-pyrrole nitrogens is 1. The number of rotatable bonds is 4. The maximum Gasteiger partial charge on any atom is 0.420 e. The molecule has 0 unspecified atom stereocenters. The summed E-state index contributed by atoms with van der Waals surface area (Å²) in [6, 6.07) is -1.51. The van der Waals surface area contributed by atoms with Crippen molar-refractivity contribution < 1.29 is 29.0 Å². The molecule has 2 N–H and O–H groups in total. The zero-order valence-corrected chi connectivity index (χ0v) is 15.3. The third kappa shape index (κ3) is 6.82. The van der Waals surface area contributed by atoms with Gasteiger partial charge in [-0.3, -0.25) is 0 Å². The Hall–Kier alpha value is -2.58. The third-order valence-corrected chi connectivity index (χ3v) is 2.75. The van der Waals surface area contributed by atoms with E-state index in [1.54, 1.807) is 41.5 Å². The summed E-state index contributed by atoms with van der Waals surface area (Å²) in [5.74, 6) is -1.37. The summed E-state index contributed by atoms with van der Waals surface area (Å²) < 4.78 is 10.4. The van der Waals surface area contributed by atoms with Gasteiger partial charge in [0.25, 0.3) is 0 Å². The van der Waals surface area contributed by atoms with Crippen LogP contribution in [0.3, 0.4) is 0 Å². The van der Waals surface area contributed by atoms with Gasteiger partial charge in [0.1, 0.15) is 17.2 Å². The molecule has 2 amide bonds. The summed E-state index contributed by atoms with van der Waals surface area (Å²) >= 11 is 0. The highest BCUT2D eigenvalue weighted by Gasteiger charge is 2.40. The van der Waals surface area contributed by atoms with Crippen LogP contribution < -0.4 is 0 Å². The average molecular weight is 355 g/mol. The maximum atomic E-state index is 12.5. The van der Waals surface area contributed by atoms with Crippen LogP contribution in [0.15, 0.2) is 12.5 Å². The third-order valence-electron chi connectivity index (χ3n) is 2.75. The molecule has 0 radical (unpaired) electrons. The quantitative estimate of drug-likeness (QED) is 0.851. The smallest absolute Gasteiger partial charge is 0.420 e. The van der Waals surface area contributed by atoms with Crippen LogP contribution in [0.2, 0.25) is 0 Å². The summed E-state index contributed by atoms with van der Waals surface area (Å²) in [5.41, 5.74) is -1.37. The van der Waals surface area contributed by atoms with Gasteiger partial charge in [-0.25, -0.2) is 19.4 Å². The molecule has 0 bridgehead atoms. The topological polar surface area (TPSA) is 122 Å². The van der Waals surface area contributed by atoms with Gasteiger partial charge < -0.3 is 19.6 Å². The standard InChI is InChI=1S/C16H25N3O6/c1-15(2,3)24-13(22)19(14(23)25-16(4,5)6)11(12(20)21)7-10-8-17-9-18-10/h8-9,11H,7H2,1-6H3,(H,17,18)(H,20,21)/t11-/m1/s1. The predicted molar refractivity (Wildman–Crippen MR) is 88.0 cm³/mol. The van der Waals surface area contributed by atoms with Crippen molar-refractivity contribution in [3.63, 3.8) is 0 Å². The number of carbonyl (C=O) groups is 3. The molecule has 0 fully saturated rings. The maximum absolute atomic E-state index is 12.5. The summed E-state index contributed by atoms with van der Waals surface area (Å²) in [4.78, 5) is 43.7. The number of amides is 2. The molecular weight excluding hydrogens is 330 g/mol. The Morgan fingerprint density at radius 2 is 1.60 bits per heavy atom. The molecule has 0 saturated heterocycles. The van der Waals surface area contributed by atoms with Gasteiger partial charge in [0.05, 0.1) is 6.33 Å². The van der Waals surface area contributed by atoms with Crippen molar-refractivity contribution in [1.82, 2.24) is 14.9 Å². The summed E-state index contributed by atoms with van der Waals surface area (Å²) in [5, 5.41) is 9.55. The Bertz CT molecular complexity index is 585. The Kier molecular flexibility index (Phi) is 6.17. The van der Waals surface area contributed by atoms with Crippen molar-refractivity contribution in [2.45, 2.75) is 65.2 Å². The molecule has 1 aromatic heterocycles. The number of aliphatic carboxylic acids is 1. The SMILES string of the molecule is CC(C)(C)OC(=O)N(C(=O)OC(C)(C)C)[C@H](Cc1cnc[nH]1)C(=O)O. The molecule has 9 heteroatoms. The summed E-state index contributed by atoms with van der Waals surface area (Å²) in [6.07, 6.45) is 0.452. The zero-order valence-electron chi connectivity index (χ0n) is 15.3. The van der Waals surface area contributed by atoms with Crippen LogP contribution in [0, 0.1) is 0 Å². The number of aromatic amines is 1. The Labute approximate surface area is 146 Å². The monoisotopic (exact) mass is 355 g/mol. The first-order valence-corrected chi connectivity index (χ1v) is 7.75. The molecule has 1 heterocycles. The summed E-state index contributed by atoms with van der Waals surface area (Å²) in [6.45, 7) is 9.68. The van der Waals surface area contributed by atoms with Crippen molar-refractivity contribution in [3.05, 3.63) is 18.2 Å². The van der Waals surface area contributed by atoms with E-state index >= 15 is 0 Å². The lowest BCUT2D eigenvalue weighted by Crippen LogP contribution is -2.52. The molecule has 0 aromatic carbocycles. The van der Waals surface area contributed by atoms with Gasteiger partial charge in [-0.15, -0.1) is 0 Å². The fourth-order valence-electron chi connectivity index (χ4n) is 1.84. The number of carbonyl (C=O) groups excluding carboxylic acids is 2. The molecule has 0 aliphatic carbocycles.